The van der Waals surface area contributed by atoms with E-state index in [-0.39, 0.29) is 0 Å². The van der Waals surface area contributed by atoms with Crippen LogP contribution in [0.2, 0.25) is 0 Å². The molecule has 1 N–H and O–H groups in total. The lowest BCUT2D eigenvalue weighted by Crippen LogP contribution is -2.48. The molecule has 0 aliphatic carbocycles. The predicted molar refractivity (Wildman–Crippen MR) is 116 cm³/mol. The molecular weight excluding hydrogens is 366 g/mol. The van der Waals surface area contributed by atoms with E-state index in [2.05, 4.69) is 50.9 Å². The molecule has 2 unspecified atom stereocenters. The monoisotopic (exact) mass is 399 g/mol. The highest BCUT2D eigenvalue weighted by atomic mass is 16.5. The Morgan fingerprint density at radius 2 is 2.21 bits per heavy atom. The summed E-state index contributed by atoms with van der Waals surface area (Å²) in [5, 5.41) is 3.50. The molecular formula is C22H33N5O2. The number of hydrogen-bond acceptors (Lipinski definition) is 4. The third-order valence-corrected chi connectivity index (χ3v) is 5.48. The highest BCUT2D eigenvalue weighted by molar-refractivity contribution is 5.80. The van der Waals surface area contributed by atoms with E-state index in [9.17, 15) is 0 Å². The quantitative estimate of drug-likeness (QED) is 0.571. The van der Waals surface area contributed by atoms with Crippen LogP contribution >= 0.6 is 0 Å². The van der Waals surface area contributed by atoms with Gasteiger partial charge in [0.1, 0.15) is 0 Å². The van der Waals surface area contributed by atoms with Gasteiger partial charge < -0.3 is 24.3 Å². The molecule has 2 aromatic rings. The Kier molecular flexibility index (Phi) is 7.38. The van der Waals surface area contributed by atoms with Crippen LogP contribution < -0.4 is 14.8 Å². The summed E-state index contributed by atoms with van der Waals surface area (Å²) in [6.45, 7) is 7.69. The molecule has 1 fully saturated rings. The Bertz CT molecular complexity index is 791. The van der Waals surface area contributed by atoms with Gasteiger partial charge in [-0.15, -0.1) is 0 Å². The molecule has 0 radical (unpaired) electrons. The molecule has 0 saturated carbocycles. The predicted octanol–water partition coefficient (Wildman–Crippen LogP) is 3.34. The van der Waals surface area contributed by atoms with Crippen molar-refractivity contribution in [2.24, 2.45) is 10.9 Å². The maximum Gasteiger partial charge on any atom is 0.193 e. The summed E-state index contributed by atoms with van der Waals surface area (Å²) >= 11 is 0. The summed E-state index contributed by atoms with van der Waals surface area (Å²) in [6.07, 6.45) is 7.91. The highest BCUT2D eigenvalue weighted by Crippen LogP contribution is 2.29. The summed E-state index contributed by atoms with van der Waals surface area (Å²) in [6, 6.07) is 6.48. The van der Waals surface area contributed by atoms with Crippen LogP contribution in [0.25, 0.3) is 0 Å². The fourth-order valence-corrected chi connectivity index (χ4v) is 3.76. The number of guanidine groups is 1. The smallest absolute Gasteiger partial charge is 0.193 e. The van der Waals surface area contributed by atoms with E-state index in [4.69, 9.17) is 9.47 Å². The average molecular weight is 400 g/mol. The number of ether oxygens (including phenoxy) is 2. The summed E-state index contributed by atoms with van der Waals surface area (Å²) < 4.78 is 13.5. The summed E-state index contributed by atoms with van der Waals surface area (Å²) in [5.41, 5.74) is 1.13. The molecule has 1 saturated heterocycles. The molecule has 3 rings (SSSR count). The van der Waals surface area contributed by atoms with Gasteiger partial charge >= 0.3 is 0 Å². The highest BCUT2D eigenvalue weighted by Gasteiger charge is 2.28. The number of imidazole rings is 1. The lowest BCUT2D eigenvalue weighted by Gasteiger charge is -2.39. The Hall–Kier alpha value is -2.70. The number of benzene rings is 1. The molecule has 0 amide bonds. The summed E-state index contributed by atoms with van der Waals surface area (Å²) in [4.78, 5) is 11.1. The normalized spacial score (nSPS) is 19.9. The fraction of sp³-hybridized carbons (Fsp3) is 0.545. The van der Waals surface area contributed by atoms with Crippen molar-refractivity contribution in [3.63, 3.8) is 0 Å². The average Bonchev–Trinajstić information content (AvgIpc) is 3.28. The Morgan fingerprint density at radius 1 is 1.34 bits per heavy atom. The molecule has 1 aromatic carbocycles. The van der Waals surface area contributed by atoms with Crippen molar-refractivity contribution in [1.82, 2.24) is 19.8 Å². The zero-order valence-electron chi connectivity index (χ0n) is 18.0. The first-order chi connectivity index (χ1) is 14.2. The van der Waals surface area contributed by atoms with Gasteiger partial charge in [-0.25, -0.2) is 4.98 Å². The van der Waals surface area contributed by atoms with E-state index in [1.54, 1.807) is 7.11 Å². The lowest BCUT2D eigenvalue weighted by molar-refractivity contribution is 0.189. The van der Waals surface area contributed by atoms with Crippen LogP contribution in [0, 0.1) is 5.92 Å². The largest absolute Gasteiger partial charge is 0.493 e. The van der Waals surface area contributed by atoms with Gasteiger partial charge in [0.05, 0.1) is 26.1 Å². The van der Waals surface area contributed by atoms with E-state index in [1.807, 2.05) is 31.7 Å². The second-order valence-corrected chi connectivity index (χ2v) is 7.52. The number of methoxy groups -OCH3 is 1. The van der Waals surface area contributed by atoms with E-state index in [0.717, 1.165) is 49.0 Å². The molecule has 29 heavy (non-hydrogen) atoms. The minimum Gasteiger partial charge on any atom is -0.493 e. The molecule has 1 aromatic heterocycles. The van der Waals surface area contributed by atoms with E-state index < -0.39 is 0 Å². The fourth-order valence-electron chi connectivity index (χ4n) is 3.76. The van der Waals surface area contributed by atoms with Crippen molar-refractivity contribution in [2.45, 2.75) is 39.3 Å². The summed E-state index contributed by atoms with van der Waals surface area (Å²) in [5.74, 6) is 3.08. The number of aliphatic imine (C=N–C) groups is 1. The third-order valence-electron chi connectivity index (χ3n) is 5.48. The Balaban J connectivity index is 1.63. The van der Waals surface area contributed by atoms with Crippen molar-refractivity contribution in [3.8, 4) is 11.5 Å². The first-order valence-electron chi connectivity index (χ1n) is 10.4. The number of aromatic nitrogens is 2. The van der Waals surface area contributed by atoms with Gasteiger partial charge in [-0.05, 0) is 36.5 Å². The number of nitrogens with zero attached hydrogens (tertiary/aromatic N) is 4. The van der Waals surface area contributed by atoms with Crippen molar-refractivity contribution >= 4 is 5.96 Å². The van der Waals surface area contributed by atoms with E-state index in [1.165, 1.54) is 0 Å². The standard InChI is InChI=1S/C22H33N5O2/c1-5-12-29-20-7-6-18(13-21(20)28-4)14-25-22(23-3)26-10-8-17(2)19(15-26)27-11-9-24-16-27/h6-7,9,11,13,16-17,19H,5,8,10,12,14-15H2,1-4H3,(H,23,25). The minimum absolute atomic E-state index is 0.403. The minimum atomic E-state index is 0.403. The number of piperidine rings is 1. The van der Waals surface area contributed by atoms with Gasteiger partial charge in [0.25, 0.3) is 0 Å². The topological polar surface area (TPSA) is 63.9 Å². The molecule has 1 aliphatic rings. The maximum absolute atomic E-state index is 5.75. The number of likely N-dealkylation sites (tertiary alicyclic amines) is 1. The van der Waals surface area contributed by atoms with Gasteiger partial charge in [-0.1, -0.05) is 19.9 Å². The molecule has 7 heteroatoms. The first kappa shape index (κ1) is 21.0. The molecule has 0 bridgehead atoms. The second-order valence-electron chi connectivity index (χ2n) is 7.52. The first-order valence-corrected chi connectivity index (χ1v) is 10.4. The zero-order valence-corrected chi connectivity index (χ0v) is 18.0. The molecule has 2 atom stereocenters. The molecule has 7 nitrogen and oxygen atoms in total. The van der Waals surface area contributed by atoms with Gasteiger partial charge in [0, 0.05) is 39.1 Å². The third kappa shape index (κ3) is 5.22. The number of rotatable bonds is 7. The zero-order chi connectivity index (χ0) is 20.6. The van der Waals surface area contributed by atoms with Crippen LogP contribution in [-0.2, 0) is 6.54 Å². The lowest BCUT2D eigenvalue weighted by atomic mass is 9.93. The Morgan fingerprint density at radius 3 is 2.90 bits per heavy atom. The molecule has 1 aliphatic heterocycles. The number of nitrogens with one attached hydrogen (secondary N) is 1. The molecule has 158 valence electrons. The van der Waals surface area contributed by atoms with Crippen LogP contribution in [0.5, 0.6) is 11.5 Å². The van der Waals surface area contributed by atoms with Gasteiger partial charge in [0.2, 0.25) is 0 Å². The van der Waals surface area contributed by atoms with Crippen molar-refractivity contribution < 1.29 is 9.47 Å². The van der Waals surface area contributed by atoms with Crippen LogP contribution in [0.1, 0.15) is 38.3 Å². The van der Waals surface area contributed by atoms with Crippen LogP contribution in [0.3, 0.4) is 0 Å². The Labute approximate surface area is 173 Å². The van der Waals surface area contributed by atoms with Crippen LogP contribution in [0.15, 0.2) is 41.9 Å². The van der Waals surface area contributed by atoms with Crippen LogP contribution in [0.4, 0.5) is 0 Å². The maximum atomic E-state index is 5.75. The van der Waals surface area contributed by atoms with Crippen molar-refractivity contribution in [1.29, 1.82) is 0 Å². The molecule has 2 heterocycles. The molecule has 0 spiro atoms. The number of hydrogen-bond donors (Lipinski definition) is 1. The van der Waals surface area contributed by atoms with Crippen molar-refractivity contribution in [3.05, 3.63) is 42.5 Å². The van der Waals surface area contributed by atoms with E-state index >= 15 is 0 Å². The van der Waals surface area contributed by atoms with Gasteiger partial charge in [0.15, 0.2) is 17.5 Å². The van der Waals surface area contributed by atoms with E-state index in [0.29, 0.717) is 25.1 Å². The summed E-state index contributed by atoms with van der Waals surface area (Å²) in [7, 11) is 3.52. The SMILES string of the molecule is CCCOc1ccc(CNC(=NC)N2CCC(C)C(n3ccnc3)C2)cc1OC. The van der Waals surface area contributed by atoms with Gasteiger partial charge in [-0.2, -0.15) is 0 Å². The van der Waals surface area contributed by atoms with Gasteiger partial charge in [-0.3, -0.25) is 4.99 Å². The second kappa shape index (κ2) is 10.2. The van der Waals surface area contributed by atoms with Crippen LogP contribution in [-0.4, -0.2) is 54.3 Å². The van der Waals surface area contributed by atoms with Crippen molar-refractivity contribution in [2.75, 3.05) is 33.9 Å².